The smallest absolute Gasteiger partial charge is 0.125 e. The Bertz CT molecular complexity index is 1200. The van der Waals surface area contributed by atoms with Crippen molar-refractivity contribution in [2.75, 3.05) is 0 Å². The molecule has 1 N–H and O–H groups in total. The molecule has 2 aliphatic carbocycles. The molecule has 0 heterocycles. The standard InChI is InChI=1S/C17H18O.C16H16O2.CH4/c1-12-13(2)17-15(12)9-6-10-16(17)18-11-14-7-4-3-5-8-14;1-11-13-8-5-9-14(15(13)16(11)17)18-10-12-6-3-2-4-7-12;/h3-10,12-13H,11H2,1-2H3;2-9,11,16-17H,10H2,1H3;1H4/t12-,13-;11-,16+;/m10./s1. The van der Waals surface area contributed by atoms with Gasteiger partial charge < -0.3 is 14.6 Å². The summed E-state index contributed by atoms with van der Waals surface area (Å²) in [4.78, 5) is 0. The molecule has 37 heavy (non-hydrogen) atoms. The molecule has 0 amide bonds. The summed E-state index contributed by atoms with van der Waals surface area (Å²) in [6, 6.07) is 32.8. The highest BCUT2D eigenvalue weighted by Gasteiger charge is 2.35. The molecule has 3 heteroatoms. The van der Waals surface area contributed by atoms with E-state index in [1.165, 1.54) is 22.3 Å². The Morgan fingerprint density at radius 3 is 1.51 bits per heavy atom. The summed E-state index contributed by atoms with van der Waals surface area (Å²) in [5.41, 5.74) is 7.37. The molecular weight excluding hydrogens is 456 g/mol. The van der Waals surface area contributed by atoms with Crippen molar-refractivity contribution in [2.45, 2.75) is 65.3 Å². The molecule has 4 atom stereocenters. The molecule has 2 aliphatic rings. The summed E-state index contributed by atoms with van der Waals surface area (Å²) in [7, 11) is 0. The van der Waals surface area contributed by atoms with Crippen LogP contribution in [0.15, 0.2) is 97.1 Å². The van der Waals surface area contributed by atoms with Gasteiger partial charge in [-0.2, -0.15) is 0 Å². The van der Waals surface area contributed by atoms with Gasteiger partial charge in [-0.05, 0) is 46.2 Å². The van der Waals surface area contributed by atoms with Gasteiger partial charge in [0.25, 0.3) is 0 Å². The molecule has 4 aromatic rings. The van der Waals surface area contributed by atoms with Crippen LogP contribution in [0.25, 0.3) is 0 Å². The van der Waals surface area contributed by atoms with Gasteiger partial charge in [-0.1, -0.05) is 113 Å². The minimum Gasteiger partial charge on any atom is -0.489 e. The van der Waals surface area contributed by atoms with E-state index < -0.39 is 0 Å². The number of fused-ring (bicyclic) bond motifs is 2. The van der Waals surface area contributed by atoms with Crippen LogP contribution in [0.5, 0.6) is 11.5 Å². The van der Waals surface area contributed by atoms with Crippen LogP contribution in [0.3, 0.4) is 0 Å². The van der Waals surface area contributed by atoms with Crippen molar-refractivity contribution in [1.82, 2.24) is 0 Å². The molecule has 0 fully saturated rings. The Balaban J connectivity index is 0.000000168. The molecule has 0 unspecified atom stereocenters. The van der Waals surface area contributed by atoms with Crippen molar-refractivity contribution in [3.05, 3.63) is 130 Å². The lowest BCUT2D eigenvalue weighted by atomic mass is 9.69. The molecule has 6 rings (SSSR count). The van der Waals surface area contributed by atoms with Gasteiger partial charge >= 0.3 is 0 Å². The van der Waals surface area contributed by atoms with Gasteiger partial charge in [-0.3, -0.25) is 0 Å². The summed E-state index contributed by atoms with van der Waals surface area (Å²) >= 11 is 0. The topological polar surface area (TPSA) is 38.7 Å². The maximum absolute atomic E-state index is 9.97. The number of rotatable bonds is 6. The predicted molar refractivity (Wildman–Crippen MR) is 151 cm³/mol. The SMILES string of the molecule is C.C[C@H]1c2cccc(OCc3ccccc3)c2[C@@H]1C.C[C@H]1c2cccc(OCc3ccccc3)c2[C@@H]1O. The van der Waals surface area contributed by atoms with Crippen LogP contribution in [-0.2, 0) is 13.2 Å². The largest absolute Gasteiger partial charge is 0.489 e. The second-order valence-corrected chi connectivity index (χ2v) is 9.88. The normalized spacial score (nSPS) is 20.4. The first kappa shape index (κ1) is 26.5. The van der Waals surface area contributed by atoms with Crippen molar-refractivity contribution in [1.29, 1.82) is 0 Å². The van der Waals surface area contributed by atoms with Gasteiger partial charge in [-0.15, -0.1) is 0 Å². The molecule has 4 aromatic carbocycles. The highest BCUT2D eigenvalue weighted by molar-refractivity contribution is 5.53. The van der Waals surface area contributed by atoms with E-state index in [2.05, 4.69) is 50.2 Å². The van der Waals surface area contributed by atoms with Gasteiger partial charge in [0.2, 0.25) is 0 Å². The van der Waals surface area contributed by atoms with Crippen LogP contribution in [-0.4, -0.2) is 5.11 Å². The minimum atomic E-state index is -0.382. The Morgan fingerprint density at radius 1 is 0.541 bits per heavy atom. The van der Waals surface area contributed by atoms with E-state index >= 15 is 0 Å². The van der Waals surface area contributed by atoms with Crippen LogP contribution < -0.4 is 9.47 Å². The molecule has 0 saturated heterocycles. The van der Waals surface area contributed by atoms with E-state index in [-0.39, 0.29) is 19.4 Å². The average Bonchev–Trinajstić information content (AvgIpc) is 2.95. The second kappa shape index (κ2) is 11.7. The second-order valence-electron chi connectivity index (χ2n) is 9.88. The summed E-state index contributed by atoms with van der Waals surface area (Å²) in [6.07, 6.45) is -0.382. The zero-order chi connectivity index (χ0) is 25.1. The first-order valence-corrected chi connectivity index (χ1v) is 12.8. The summed E-state index contributed by atoms with van der Waals surface area (Å²) < 4.78 is 11.8. The summed E-state index contributed by atoms with van der Waals surface area (Å²) in [6.45, 7) is 7.79. The van der Waals surface area contributed by atoms with Crippen molar-refractivity contribution >= 4 is 0 Å². The fraction of sp³-hybridized carbons (Fsp3) is 0.294. The molecular formula is C34H38O3. The van der Waals surface area contributed by atoms with E-state index in [1.807, 2.05) is 67.6 Å². The number of hydrogen-bond donors (Lipinski definition) is 1. The number of benzene rings is 4. The van der Waals surface area contributed by atoms with Gasteiger partial charge in [0, 0.05) is 17.0 Å². The van der Waals surface area contributed by atoms with Crippen LogP contribution in [0, 0.1) is 0 Å². The fourth-order valence-electron chi connectivity index (χ4n) is 5.19. The lowest BCUT2D eigenvalue weighted by Crippen LogP contribution is -2.22. The molecule has 192 valence electrons. The van der Waals surface area contributed by atoms with Crippen LogP contribution in [0.1, 0.15) is 85.4 Å². The van der Waals surface area contributed by atoms with E-state index in [0.717, 1.165) is 22.6 Å². The Labute approximate surface area is 221 Å². The monoisotopic (exact) mass is 494 g/mol. The zero-order valence-electron chi connectivity index (χ0n) is 21.2. The van der Waals surface area contributed by atoms with Gasteiger partial charge in [0.05, 0.1) is 6.10 Å². The lowest BCUT2D eigenvalue weighted by molar-refractivity contribution is 0.116. The van der Waals surface area contributed by atoms with Crippen LogP contribution >= 0.6 is 0 Å². The van der Waals surface area contributed by atoms with Crippen molar-refractivity contribution in [3.8, 4) is 11.5 Å². The van der Waals surface area contributed by atoms with Gasteiger partial charge in [0.1, 0.15) is 24.7 Å². The molecule has 3 nitrogen and oxygen atoms in total. The van der Waals surface area contributed by atoms with Crippen LogP contribution in [0.4, 0.5) is 0 Å². The maximum atomic E-state index is 9.97. The minimum absolute atomic E-state index is 0. The van der Waals surface area contributed by atoms with Crippen molar-refractivity contribution < 1.29 is 14.6 Å². The van der Waals surface area contributed by atoms with E-state index in [4.69, 9.17) is 9.47 Å². The number of hydrogen-bond acceptors (Lipinski definition) is 3. The molecule has 0 radical (unpaired) electrons. The summed E-state index contributed by atoms with van der Waals surface area (Å²) in [5.74, 6) is 3.37. The summed E-state index contributed by atoms with van der Waals surface area (Å²) in [5, 5.41) is 9.97. The molecule has 0 bridgehead atoms. The quantitative estimate of drug-likeness (QED) is 0.292. The first-order chi connectivity index (χ1) is 17.5. The molecule has 0 spiro atoms. The van der Waals surface area contributed by atoms with Crippen molar-refractivity contribution in [3.63, 3.8) is 0 Å². The van der Waals surface area contributed by atoms with E-state index in [0.29, 0.717) is 25.0 Å². The predicted octanol–water partition coefficient (Wildman–Crippen LogP) is 8.54. The zero-order valence-corrected chi connectivity index (χ0v) is 21.2. The fourth-order valence-corrected chi connectivity index (χ4v) is 5.19. The third-order valence-corrected chi connectivity index (χ3v) is 7.63. The van der Waals surface area contributed by atoms with Crippen LogP contribution in [0.2, 0.25) is 0 Å². The molecule has 0 aromatic heterocycles. The Morgan fingerprint density at radius 2 is 1.00 bits per heavy atom. The van der Waals surface area contributed by atoms with Gasteiger partial charge in [0.15, 0.2) is 0 Å². The molecule has 0 aliphatic heterocycles. The Kier molecular flexibility index (Phi) is 8.35. The van der Waals surface area contributed by atoms with Crippen molar-refractivity contribution in [2.24, 2.45) is 0 Å². The van der Waals surface area contributed by atoms with E-state index in [1.54, 1.807) is 0 Å². The molecule has 0 saturated carbocycles. The van der Waals surface area contributed by atoms with E-state index in [9.17, 15) is 5.11 Å². The highest BCUT2D eigenvalue weighted by Crippen LogP contribution is 2.50. The highest BCUT2D eigenvalue weighted by atomic mass is 16.5. The first-order valence-electron chi connectivity index (χ1n) is 12.8. The Hall–Kier alpha value is -3.56. The third-order valence-electron chi connectivity index (χ3n) is 7.63. The number of aliphatic hydroxyl groups excluding tert-OH is 1. The maximum Gasteiger partial charge on any atom is 0.125 e. The third kappa shape index (κ3) is 5.42. The van der Waals surface area contributed by atoms with Gasteiger partial charge in [-0.25, -0.2) is 0 Å². The average molecular weight is 495 g/mol. The number of ether oxygens (including phenoxy) is 2. The number of aliphatic hydroxyl groups is 1. The lowest BCUT2D eigenvalue weighted by Gasteiger charge is -2.36.